The van der Waals surface area contributed by atoms with Crippen LogP contribution in [-0.2, 0) is 11.3 Å². The number of thiophene rings is 1. The Morgan fingerprint density at radius 3 is 3.04 bits per heavy atom. The normalized spacial score (nSPS) is 12.4. The minimum absolute atomic E-state index is 0.0368. The third-order valence-corrected chi connectivity index (χ3v) is 4.86. The van der Waals surface area contributed by atoms with E-state index in [1.807, 2.05) is 41.1 Å². The maximum atomic E-state index is 11.8. The number of aromatic nitrogens is 2. The van der Waals surface area contributed by atoms with Gasteiger partial charge in [0.25, 0.3) is 0 Å². The van der Waals surface area contributed by atoms with Gasteiger partial charge in [-0.2, -0.15) is 0 Å². The van der Waals surface area contributed by atoms with Crippen LogP contribution in [0.5, 0.6) is 0 Å². The predicted molar refractivity (Wildman–Crippen MR) is 91.3 cm³/mol. The fourth-order valence-electron chi connectivity index (χ4n) is 2.41. The Labute approximate surface area is 138 Å². The van der Waals surface area contributed by atoms with Crippen LogP contribution in [0.4, 0.5) is 0 Å². The van der Waals surface area contributed by atoms with Crippen LogP contribution in [0.3, 0.4) is 0 Å². The molecule has 1 amide bonds. The second-order valence-electron chi connectivity index (χ2n) is 5.41. The fourth-order valence-corrected chi connectivity index (χ4v) is 3.46. The molecule has 120 valence electrons. The van der Waals surface area contributed by atoms with Crippen LogP contribution in [0.1, 0.15) is 23.8 Å². The van der Waals surface area contributed by atoms with Crippen molar-refractivity contribution in [1.29, 1.82) is 0 Å². The first kappa shape index (κ1) is 15.7. The maximum Gasteiger partial charge on any atom is 0.220 e. The zero-order valence-electron chi connectivity index (χ0n) is 12.7. The van der Waals surface area contributed by atoms with Crippen LogP contribution in [0, 0.1) is 0 Å². The minimum atomic E-state index is -0.662. The van der Waals surface area contributed by atoms with E-state index >= 15 is 0 Å². The molecule has 0 aliphatic rings. The molecule has 3 aromatic rings. The molecule has 0 spiro atoms. The quantitative estimate of drug-likeness (QED) is 0.700. The number of benzene rings is 1. The number of imidazole rings is 1. The largest absolute Gasteiger partial charge is 0.386 e. The Kier molecular flexibility index (Phi) is 5.05. The number of rotatable bonds is 7. The molecule has 0 saturated heterocycles. The van der Waals surface area contributed by atoms with Gasteiger partial charge in [-0.05, 0) is 23.9 Å². The first-order chi connectivity index (χ1) is 11.2. The molecule has 2 aromatic heterocycles. The number of nitrogens with one attached hydrogen (secondary N) is 1. The number of amides is 1. The maximum absolute atomic E-state index is 11.8. The summed E-state index contributed by atoms with van der Waals surface area (Å²) in [4.78, 5) is 16.7. The second-order valence-corrected chi connectivity index (χ2v) is 6.53. The van der Waals surface area contributed by atoms with Crippen molar-refractivity contribution in [2.24, 2.45) is 0 Å². The topological polar surface area (TPSA) is 67.2 Å². The lowest BCUT2D eigenvalue weighted by Gasteiger charge is -2.10. The van der Waals surface area contributed by atoms with E-state index < -0.39 is 6.10 Å². The molecular formula is C17H19N3O2S. The zero-order chi connectivity index (χ0) is 16.1. The molecule has 0 radical (unpaired) electrons. The van der Waals surface area contributed by atoms with Gasteiger partial charge in [0.05, 0.1) is 6.33 Å². The van der Waals surface area contributed by atoms with Gasteiger partial charge in [-0.1, -0.05) is 18.2 Å². The van der Waals surface area contributed by atoms with E-state index in [1.165, 1.54) is 0 Å². The predicted octanol–water partition coefficient (Wildman–Crippen LogP) is 2.73. The van der Waals surface area contributed by atoms with Gasteiger partial charge in [0.1, 0.15) is 6.10 Å². The van der Waals surface area contributed by atoms with E-state index in [-0.39, 0.29) is 12.5 Å². The molecular weight excluding hydrogens is 310 g/mol. The highest BCUT2D eigenvalue weighted by Gasteiger charge is 2.12. The first-order valence-corrected chi connectivity index (χ1v) is 8.43. The molecule has 0 fully saturated rings. The highest BCUT2D eigenvalue weighted by Crippen LogP contribution is 2.29. The van der Waals surface area contributed by atoms with Gasteiger partial charge in [0.2, 0.25) is 5.91 Å². The smallest absolute Gasteiger partial charge is 0.220 e. The summed E-state index contributed by atoms with van der Waals surface area (Å²) in [5, 5.41) is 14.2. The van der Waals surface area contributed by atoms with E-state index in [2.05, 4.69) is 10.3 Å². The average molecular weight is 329 g/mol. The monoisotopic (exact) mass is 329 g/mol. The summed E-state index contributed by atoms with van der Waals surface area (Å²) >= 11 is 1.56. The van der Waals surface area contributed by atoms with Gasteiger partial charge in [-0.3, -0.25) is 4.79 Å². The zero-order valence-corrected chi connectivity index (χ0v) is 13.5. The van der Waals surface area contributed by atoms with E-state index in [0.29, 0.717) is 6.42 Å². The van der Waals surface area contributed by atoms with E-state index in [1.54, 1.807) is 23.9 Å². The molecule has 0 aliphatic heterocycles. The lowest BCUT2D eigenvalue weighted by atomic mass is 10.2. The van der Waals surface area contributed by atoms with Gasteiger partial charge in [0.15, 0.2) is 0 Å². The fraction of sp³-hybridized carbons (Fsp3) is 0.294. The van der Waals surface area contributed by atoms with Gasteiger partial charge < -0.3 is 15.0 Å². The summed E-state index contributed by atoms with van der Waals surface area (Å²) in [5.74, 6) is -0.0368. The Hall–Kier alpha value is -2.18. The van der Waals surface area contributed by atoms with Crippen LogP contribution in [0.25, 0.3) is 10.1 Å². The number of aliphatic hydroxyl groups excluding tert-OH is 1. The molecule has 6 heteroatoms. The van der Waals surface area contributed by atoms with Crippen molar-refractivity contribution in [3.8, 4) is 0 Å². The molecule has 0 bridgehead atoms. The van der Waals surface area contributed by atoms with E-state index in [0.717, 1.165) is 27.9 Å². The summed E-state index contributed by atoms with van der Waals surface area (Å²) in [7, 11) is 0. The van der Waals surface area contributed by atoms with Crippen molar-refractivity contribution < 1.29 is 9.90 Å². The molecule has 1 aromatic carbocycles. The van der Waals surface area contributed by atoms with Gasteiger partial charge in [0, 0.05) is 41.5 Å². The molecule has 0 saturated carbocycles. The number of aliphatic hydroxyl groups is 1. The number of carbonyl (C=O) groups excluding carboxylic acids is 1. The first-order valence-electron chi connectivity index (χ1n) is 7.61. The Bertz CT molecular complexity index is 734. The highest BCUT2D eigenvalue weighted by molar-refractivity contribution is 7.19. The lowest BCUT2D eigenvalue weighted by Crippen LogP contribution is -2.28. The number of hydrogen-bond donors (Lipinski definition) is 2. The Balaban J connectivity index is 1.44. The molecule has 2 N–H and O–H groups in total. The van der Waals surface area contributed by atoms with Crippen molar-refractivity contribution in [2.45, 2.75) is 25.5 Å². The van der Waals surface area contributed by atoms with Crippen molar-refractivity contribution >= 4 is 27.3 Å². The van der Waals surface area contributed by atoms with Gasteiger partial charge >= 0.3 is 0 Å². The van der Waals surface area contributed by atoms with Gasteiger partial charge in [-0.15, -0.1) is 11.3 Å². The van der Waals surface area contributed by atoms with Crippen molar-refractivity contribution in [3.05, 3.63) is 53.9 Å². The molecule has 0 aliphatic carbocycles. The van der Waals surface area contributed by atoms with Crippen LogP contribution in [-0.4, -0.2) is 27.1 Å². The summed E-state index contributed by atoms with van der Waals surface area (Å²) in [6.07, 6.45) is 5.87. The number of fused-ring (bicyclic) bond motifs is 1. The SMILES string of the molecule is O=C(CCCn1ccnc1)NCC(O)c1cc2ccccc2s1. The molecule has 1 atom stereocenters. The molecule has 23 heavy (non-hydrogen) atoms. The average Bonchev–Trinajstić information content (AvgIpc) is 3.21. The van der Waals surface area contributed by atoms with Crippen LogP contribution in [0.15, 0.2) is 49.1 Å². The summed E-state index contributed by atoms with van der Waals surface area (Å²) < 4.78 is 3.09. The van der Waals surface area contributed by atoms with Crippen molar-refractivity contribution in [3.63, 3.8) is 0 Å². The van der Waals surface area contributed by atoms with E-state index in [4.69, 9.17) is 0 Å². The van der Waals surface area contributed by atoms with Crippen molar-refractivity contribution in [1.82, 2.24) is 14.9 Å². The third kappa shape index (κ3) is 4.18. The number of hydrogen-bond acceptors (Lipinski definition) is 4. The van der Waals surface area contributed by atoms with E-state index in [9.17, 15) is 9.90 Å². The summed E-state index contributed by atoms with van der Waals surface area (Å²) in [6, 6.07) is 10.0. The molecule has 1 unspecified atom stereocenters. The Morgan fingerprint density at radius 2 is 2.26 bits per heavy atom. The minimum Gasteiger partial charge on any atom is -0.386 e. The molecule has 5 nitrogen and oxygen atoms in total. The number of aryl methyl sites for hydroxylation is 1. The molecule has 2 heterocycles. The number of carbonyl (C=O) groups is 1. The van der Waals surface area contributed by atoms with Crippen LogP contribution >= 0.6 is 11.3 Å². The van der Waals surface area contributed by atoms with Crippen molar-refractivity contribution in [2.75, 3.05) is 6.54 Å². The highest BCUT2D eigenvalue weighted by atomic mass is 32.1. The summed E-state index contributed by atoms with van der Waals surface area (Å²) in [6.45, 7) is 1.02. The van der Waals surface area contributed by atoms with Gasteiger partial charge in [-0.25, -0.2) is 4.98 Å². The second kappa shape index (κ2) is 7.39. The third-order valence-electron chi connectivity index (χ3n) is 3.64. The number of nitrogens with zero attached hydrogens (tertiary/aromatic N) is 2. The standard InChI is InChI=1S/C17H19N3O2S/c21-14(16-10-13-4-1-2-5-15(13)23-16)11-19-17(22)6-3-8-20-9-7-18-12-20/h1-2,4-5,7,9-10,12,14,21H,3,6,8,11H2,(H,19,22). The van der Waals surface area contributed by atoms with Crippen LogP contribution in [0.2, 0.25) is 0 Å². The lowest BCUT2D eigenvalue weighted by molar-refractivity contribution is -0.121. The Morgan fingerprint density at radius 1 is 1.39 bits per heavy atom. The van der Waals surface area contributed by atoms with Crippen LogP contribution < -0.4 is 5.32 Å². The molecule has 3 rings (SSSR count). The summed E-state index contributed by atoms with van der Waals surface area (Å²) in [5.41, 5.74) is 0.